The van der Waals surface area contributed by atoms with E-state index in [4.69, 9.17) is 11.2 Å². The van der Waals surface area contributed by atoms with E-state index in [1.165, 1.54) is 0 Å². The van der Waals surface area contributed by atoms with Gasteiger partial charge in [-0.25, -0.2) is 4.79 Å². The SMILES string of the molecule is C#CCC1CCN(C(=O)OC(C)(C)C)C1. The van der Waals surface area contributed by atoms with Crippen LogP contribution in [0.5, 0.6) is 0 Å². The lowest BCUT2D eigenvalue weighted by Crippen LogP contribution is -2.35. The second-order valence-electron chi connectivity index (χ2n) is 4.99. The highest BCUT2D eigenvalue weighted by Crippen LogP contribution is 2.21. The molecule has 1 unspecified atom stereocenters. The number of nitrogens with zero attached hydrogens (tertiary/aromatic N) is 1. The Morgan fingerprint density at radius 3 is 2.80 bits per heavy atom. The average molecular weight is 209 g/mol. The Morgan fingerprint density at radius 1 is 1.60 bits per heavy atom. The molecule has 1 amide bonds. The van der Waals surface area contributed by atoms with Crippen molar-refractivity contribution in [1.29, 1.82) is 0 Å². The van der Waals surface area contributed by atoms with Gasteiger partial charge in [0.05, 0.1) is 0 Å². The van der Waals surface area contributed by atoms with Crippen molar-refractivity contribution < 1.29 is 9.53 Å². The second-order valence-corrected chi connectivity index (χ2v) is 4.99. The number of rotatable bonds is 1. The number of hydrogen-bond acceptors (Lipinski definition) is 2. The van der Waals surface area contributed by atoms with Crippen molar-refractivity contribution in [3.63, 3.8) is 0 Å². The van der Waals surface area contributed by atoms with Crippen molar-refractivity contribution in [2.45, 2.75) is 39.2 Å². The van der Waals surface area contributed by atoms with Crippen molar-refractivity contribution in [3.8, 4) is 12.3 Å². The molecule has 0 bridgehead atoms. The third-order valence-corrected chi connectivity index (χ3v) is 2.34. The third kappa shape index (κ3) is 3.83. The first-order valence-corrected chi connectivity index (χ1v) is 5.34. The molecule has 0 aromatic heterocycles. The van der Waals surface area contributed by atoms with Crippen LogP contribution >= 0.6 is 0 Å². The molecule has 0 N–H and O–H groups in total. The molecule has 1 rings (SSSR count). The van der Waals surface area contributed by atoms with E-state index >= 15 is 0 Å². The molecular formula is C12H19NO2. The van der Waals surface area contributed by atoms with Gasteiger partial charge in [-0.3, -0.25) is 0 Å². The van der Waals surface area contributed by atoms with Gasteiger partial charge in [0.25, 0.3) is 0 Å². The van der Waals surface area contributed by atoms with Gasteiger partial charge in [-0.1, -0.05) is 0 Å². The van der Waals surface area contributed by atoms with Crippen molar-refractivity contribution in [2.75, 3.05) is 13.1 Å². The minimum absolute atomic E-state index is 0.220. The Labute approximate surface area is 91.8 Å². The molecule has 1 atom stereocenters. The molecule has 0 radical (unpaired) electrons. The topological polar surface area (TPSA) is 29.5 Å². The summed E-state index contributed by atoms with van der Waals surface area (Å²) in [5, 5.41) is 0. The maximum atomic E-state index is 11.7. The molecule has 0 spiro atoms. The maximum Gasteiger partial charge on any atom is 0.410 e. The number of hydrogen-bond donors (Lipinski definition) is 0. The number of amides is 1. The molecule has 3 heteroatoms. The fourth-order valence-electron chi connectivity index (χ4n) is 1.66. The molecule has 1 saturated heterocycles. The number of ether oxygens (including phenoxy) is 1. The first-order chi connectivity index (χ1) is 6.92. The average Bonchev–Trinajstić information content (AvgIpc) is 2.50. The van der Waals surface area contributed by atoms with Gasteiger partial charge in [0.15, 0.2) is 0 Å². The van der Waals surface area contributed by atoms with Gasteiger partial charge in [-0.05, 0) is 33.1 Å². The lowest BCUT2D eigenvalue weighted by atomic mass is 10.1. The number of terminal acetylenes is 1. The van der Waals surface area contributed by atoms with E-state index in [0.717, 1.165) is 25.9 Å². The highest BCUT2D eigenvalue weighted by molar-refractivity contribution is 5.68. The summed E-state index contributed by atoms with van der Waals surface area (Å²) in [6, 6.07) is 0. The number of carbonyl (C=O) groups is 1. The first kappa shape index (κ1) is 11.9. The predicted octanol–water partition coefficient (Wildman–Crippen LogP) is 2.27. The largest absolute Gasteiger partial charge is 0.444 e. The Kier molecular flexibility index (Phi) is 3.62. The highest BCUT2D eigenvalue weighted by atomic mass is 16.6. The summed E-state index contributed by atoms with van der Waals surface area (Å²) in [6.45, 7) is 7.13. The molecule has 0 aromatic carbocycles. The van der Waals surface area contributed by atoms with Crippen LogP contribution in [0.2, 0.25) is 0 Å². The van der Waals surface area contributed by atoms with Crippen LogP contribution in [0.15, 0.2) is 0 Å². The van der Waals surface area contributed by atoms with E-state index in [-0.39, 0.29) is 6.09 Å². The first-order valence-electron chi connectivity index (χ1n) is 5.34. The molecule has 15 heavy (non-hydrogen) atoms. The van der Waals surface area contributed by atoms with Crippen LogP contribution in [0.1, 0.15) is 33.6 Å². The molecule has 0 aliphatic carbocycles. The van der Waals surface area contributed by atoms with Crippen LogP contribution in [0.25, 0.3) is 0 Å². The normalized spacial score (nSPS) is 21.2. The predicted molar refractivity (Wildman–Crippen MR) is 59.4 cm³/mol. The fourth-order valence-corrected chi connectivity index (χ4v) is 1.66. The molecule has 1 aliphatic heterocycles. The summed E-state index contributed by atoms with van der Waals surface area (Å²) < 4.78 is 5.28. The molecule has 84 valence electrons. The minimum atomic E-state index is -0.415. The summed E-state index contributed by atoms with van der Waals surface area (Å²) in [4.78, 5) is 13.4. The van der Waals surface area contributed by atoms with Gasteiger partial charge in [0.1, 0.15) is 5.60 Å². The number of likely N-dealkylation sites (tertiary alicyclic amines) is 1. The standard InChI is InChI=1S/C12H19NO2/c1-5-6-10-7-8-13(9-10)11(14)15-12(2,3)4/h1,10H,6-9H2,2-4H3. The highest BCUT2D eigenvalue weighted by Gasteiger charge is 2.28. The van der Waals surface area contributed by atoms with Crippen molar-refractivity contribution in [2.24, 2.45) is 5.92 Å². The molecule has 1 heterocycles. The van der Waals surface area contributed by atoms with Crippen LogP contribution in [0, 0.1) is 18.3 Å². The maximum absolute atomic E-state index is 11.7. The van der Waals surface area contributed by atoms with Crippen molar-refractivity contribution in [1.82, 2.24) is 4.90 Å². The van der Waals surface area contributed by atoms with E-state index in [9.17, 15) is 4.79 Å². The Bertz CT molecular complexity index is 272. The summed E-state index contributed by atoms with van der Waals surface area (Å²) >= 11 is 0. The fraction of sp³-hybridized carbons (Fsp3) is 0.750. The molecule has 1 fully saturated rings. The zero-order valence-corrected chi connectivity index (χ0v) is 9.75. The lowest BCUT2D eigenvalue weighted by Gasteiger charge is -2.24. The smallest absolute Gasteiger partial charge is 0.410 e. The van der Waals surface area contributed by atoms with Crippen LogP contribution < -0.4 is 0 Å². The van der Waals surface area contributed by atoms with E-state index in [1.807, 2.05) is 20.8 Å². The van der Waals surface area contributed by atoms with Crippen LogP contribution in [-0.4, -0.2) is 29.7 Å². The van der Waals surface area contributed by atoms with E-state index in [1.54, 1.807) is 4.90 Å². The Morgan fingerprint density at radius 2 is 2.27 bits per heavy atom. The van der Waals surface area contributed by atoms with Crippen molar-refractivity contribution in [3.05, 3.63) is 0 Å². The van der Waals surface area contributed by atoms with Gasteiger partial charge < -0.3 is 9.64 Å². The molecule has 0 saturated carbocycles. The molecule has 3 nitrogen and oxygen atoms in total. The summed E-state index contributed by atoms with van der Waals surface area (Å²) in [5.41, 5.74) is -0.415. The minimum Gasteiger partial charge on any atom is -0.444 e. The van der Waals surface area contributed by atoms with Crippen LogP contribution in [0.4, 0.5) is 4.79 Å². The molecular weight excluding hydrogens is 190 g/mol. The third-order valence-electron chi connectivity index (χ3n) is 2.34. The van der Waals surface area contributed by atoms with Crippen LogP contribution in [-0.2, 0) is 4.74 Å². The van der Waals surface area contributed by atoms with Gasteiger partial charge in [-0.15, -0.1) is 12.3 Å². The quantitative estimate of drug-likeness (QED) is 0.620. The van der Waals surface area contributed by atoms with E-state index in [2.05, 4.69) is 5.92 Å². The monoisotopic (exact) mass is 209 g/mol. The summed E-state index contributed by atoms with van der Waals surface area (Å²) in [6.07, 6.45) is 6.77. The molecule has 0 aromatic rings. The zero-order valence-electron chi connectivity index (χ0n) is 9.75. The summed E-state index contributed by atoms with van der Waals surface area (Å²) in [7, 11) is 0. The number of carbonyl (C=O) groups excluding carboxylic acids is 1. The van der Waals surface area contributed by atoms with E-state index in [0.29, 0.717) is 5.92 Å². The zero-order chi connectivity index (χ0) is 11.5. The van der Waals surface area contributed by atoms with Gasteiger partial charge in [-0.2, -0.15) is 0 Å². The lowest BCUT2D eigenvalue weighted by molar-refractivity contribution is 0.0288. The van der Waals surface area contributed by atoms with Gasteiger partial charge in [0, 0.05) is 19.5 Å². The molecule has 1 aliphatic rings. The van der Waals surface area contributed by atoms with Crippen molar-refractivity contribution >= 4 is 6.09 Å². The Balaban J connectivity index is 2.41. The van der Waals surface area contributed by atoms with Crippen LogP contribution in [0.3, 0.4) is 0 Å². The second kappa shape index (κ2) is 4.57. The summed E-state index contributed by atoms with van der Waals surface area (Å²) in [5.74, 6) is 3.09. The van der Waals surface area contributed by atoms with Gasteiger partial charge >= 0.3 is 6.09 Å². The van der Waals surface area contributed by atoms with E-state index < -0.39 is 5.60 Å². The Hall–Kier alpha value is -1.17. The van der Waals surface area contributed by atoms with Gasteiger partial charge in [0.2, 0.25) is 0 Å².